The summed E-state index contributed by atoms with van der Waals surface area (Å²) >= 11 is 0. The average Bonchev–Trinajstić information content (AvgIpc) is 2.47. The predicted molar refractivity (Wildman–Crippen MR) is 58.3 cm³/mol. The fraction of sp³-hybridized carbons (Fsp3) is 0.364. The van der Waals surface area contributed by atoms with Crippen LogP contribution in [0.15, 0.2) is 24.7 Å². The van der Waals surface area contributed by atoms with Gasteiger partial charge in [-0.15, -0.1) is 0 Å². The number of rotatable bonds is 0. The lowest BCUT2D eigenvalue weighted by atomic mass is 9.88. The topological polar surface area (TPSA) is 43.3 Å². The molecule has 14 heavy (non-hydrogen) atoms. The van der Waals surface area contributed by atoms with Crippen molar-refractivity contribution >= 4 is 11.3 Å². The Labute approximate surface area is 83.6 Å². The molecule has 0 aliphatic heterocycles. The van der Waals surface area contributed by atoms with Crippen molar-refractivity contribution in [1.29, 1.82) is 0 Å². The Kier molecular flexibility index (Phi) is 1.77. The highest BCUT2D eigenvalue weighted by Crippen LogP contribution is 2.29. The molecule has 0 aliphatic carbocycles. The third-order valence-electron chi connectivity index (χ3n) is 2.41. The van der Waals surface area contributed by atoms with Gasteiger partial charge in [0, 0.05) is 18.6 Å². The molecule has 2 heterocycles. The lowest BCUT2D eigenvalue weighted by Crippen LogP contribution is -2.11. The molecule has 3 nitrogen and oxygen atoms in total. The minimum Gasteiger partial charge on any atom is -0.382 e. The van der Waals surface area contributed by atoms with Crippen LogP contribution in [0.2, 0.25) is 0 Å². The highest BCUT2D eigenvalue weighted by atomic mass is 15.0. The van der Waals surface area contributed by atoms with Gasteiger partial charge < -0.3 is 10.1 Å². The quantitative estimate of drug-likeness (QED) is 0.690. The van der Waals surface area contributed by atoms with E-state index in [1.807, 2.05) is 16.8 Å². The van der Waals surface area contributed by atoms with Crippen LogP contribution in [0.25, 0.3) is 5.52 Å². The number of hydrogen-bond acceptors (Lipinski definition) is 2. The van der Waals surface area contributed by atoms with Crippen LogP contribution in [0, 0.1) is 0 Å². The van der Waals surface area contributed by atoms with Gasteiger partial charge in [0.1, 0.15) is 5.82 Å². The number of aromatic nitrogens is 2. The number of hydrogen-bond donors (Lipinski definition) is 1. The van der Waals surface area contributed by atoms with Crippen LogP contribution >= 0.6 is 0 Å². The SMILES string of the molecule is CC(C)(C)c1ccn2ccnc(N)c12. The summed E-state index contributed by atoms with van der Waals surface area (Å²) in [4.78, 5) is 4.11. The van der Waals surface area contributed by atoms with Gasteiger partial charge in [-0.2, -0.15) is 0 Å². The van der Waals surface area contributed by atoms with E-state index in [0.717, 1.165) is 5.52 Å². The fourth-order valence-electron chi connectivity index (χ4n) is 1.69. The average molecular weight is 189 g/mol. The summed E-state index contributed by atoms with van der Waals surface area (Å²) in [5, 5.41) is 0. The van der Waals surface area contributed by atoms with E-state index < -0.39 is 0 Å². The van der Waals surface area contributed by atoms with E-state index >= 15 is 0 Å². The third kappa shape index (κ3) is 1.25. The fourth-order valence-corrected chi connectivity index (χ4v) is 1.69. The monoisotopic (exact) mass is 189 g/mol. The smallest absolute Gasteiger partial charge is 0.148 e. The molecule has 2 rings (SSSR count). The second-order valence-corrected chi connectivity index (χ2v) is 4.55. The van der Waals surface area contributed by atoms with Crippen LogP contribution in [-0.2, 0) is 5.41 Å². The first kappa shape index (κ1) is 9.06. The van der Waals surface area contributed by atoms with Gasteiger partial charge in [0.2, 0.25) is 0 Å². The van der Waals surface area contributed by atoms with Crippen LogP contribution in [-0.4, -0.2) is 9.38 Å². The van der Waals surface area contributed by atoms with Crippen molar-refractivity contribution in [2.75, 3.05) is 5.73 Å². The molecule has 0 atom stereocenters. The van der Waals surface area contributed by atoms with Crippen LogP contribution in [0.5, 0.6) is 0 Å². The van der Waals surface area contributed by atoms with Crippen LogP contribution in [0.1, 0.15) is 26.3 Å². The lowest BCUT2D eigenvalue weighted by Gasteiger charge is -2.18. The number of fused-ring (bicyclic) bond motifs is 1. The Balaban J connectivity index is 2.80. The van der Waals surface area contributed by atoms with E-state index in [2.05, 4.69) is 31.8 Å². The number of nitrogens with two attached hydrogens (primary N) is 1. The van der Waals surface area contributed by atoms with E-state index in [-0.39, 0.29) is 5.41 Å². The standard InChI is InChI=1S/C11H15N3/c1-11(2,3)8-4-6-14-7-5-13-10(12)9(8)14/h4-7H,1-3H3,(H2,12,13). The van der Waals surface area contributed by atoms with Crippen LogP contribution in [0.4, 0.5) is 5.82 Å². The van der Waals surface area contributed by atoms with E-state index in [1.54, 1.807) is 6.20 Å². The van der Waals surface area contributed by atoms with Crippen molar-refractivity contribution in [1.82, 2.24) is 9.38 Å². The second kappa shape index (κ2) is 2.74. The summed E-state index contributed by atoms with van der Waals surface area (Å²) in [6.07, 6.45) is 5.66. The van der Waals surface area contributed by atoms with Crippen molar-refractivity contribution in [3.05, 3.63) is 30.2 Å². The Hall–Kier alpha value is -1.51. The molecule has 0 amide bonds. The summed E-state index contributed by atoms with van der Waals surface area (Å²) in [5.74, 6) is 0.599. The second-order valence-electron chi connectivity index (χ2n) is 4.55. The minimum absolute atomic E-state index is 0.103. The highest BCUT2D eigenvalue weighted by molar-refractivity contribution is 5.72. The highest BCUT2D eigenvalue weighted by Gasteiger charge is 2.19. The van der Waals surface area contributed by atoms with Gasteiger partial charge in [-0.25, -0.2) is 4.98 Å². The first-order valence-corrected chi connectivity index (χ1v) is 4.72. The van der Waals surface area contributed by atoms with E-state index in [1.165, 1.54) is 5.56 Å². The predicted octanol–water partition coefficient (Wildman–Crippen LogP) is 2.21. The molecule has 0 aliphatic rings. The Bertz CT molecular complexity index is 463. The summed E-state index contributed by atoms with van der Waals surface area (Å²) in [5.41, 5.74) is 8.24. The molecule has 0 spiro atoms. The lowest BCUT2D eigenvalue weighted by molar-refractivity contribution is 0.596. The van der Waals surface area contributed by atoms with Crippen molar-refractivity contribution in [3.63, 3.8) is 0 Å². The third-order valence-corrected chi connectivity index (χ3v) is 2.41. The van der Waals surface area contributed by atoms with Gasteiger partial charge in [0.25, 0.3) is 0 Å². The summed E-state index contributed by atoms with van der Waals surface area (Å²) in [7, 11) is 0. The van der Waals surface area contributed by atoms with E-state index in [9.17, 15) is 0 Å². The molecule has 3 heteroatoms. The normalized spacial score (nSPS) is 12.2. The van der Waals surface area contributed by atoms with Crippen molar-refractivity contribution < 1.29 is 0 Å². The van der Waals surface area contributed by atoms with Gasteiger partial charge in [-0.3, -0.25) is 0 Å². The molecule has 0 aromatic carbocycles. The van der Waals surface area contributed by atoms with Gasteiger partial charge in [0.05, 0.1) is 5.52 Å². The van der Waals surface area contributed by atoms with E-state index in [0.29, 0.717) is 5.82 Å². The summed E-state index contributed by atoms with van der Waals surface area (Å²) in [6, 6.07) is 2.10. The Morgan fingerprint density at radius 1 is 1.29 bits per heavy atom. The molecule has 0 saturated heterocycles. The van der Waals surface area contributed by atoms with Crippen molar-refractivity contribution in [2.24, 2.45) is 0 Å². The zero-order chi connectivity index (χ0) is 10.3. The minimum atomic E-state index is 0.103. The molecule has 2 N–H and O–H groups in total. The summed E-state index contributed by atoms with van der Waals surface area (Å²) in [6.45, 7) is 6.53. The first-order chi connectivity index (χ1) is 6.50. The number of anilines is 1. The largest absolute Gasteiger partial charge is 0.382 e. The number of nitrogen functional groups attached to an aromatic ring is 1. The molecule has 0 fully saturated rings. The molecule has 0 radical (unpaired) electrons. The Morgan fingerprint density at radius 3 is 2.64 bits per heavy atom. The van der Waals surface area contributed by atoms with Gasteiger partial charge in [0.15, 0.2) is 0 Å². The van der Waals surface area contributed by atoms with Crippen LogP contribution in [0.3, 0.4) is 0 Å². The molecule has 0 saturated carbocycles. The zero-order valence-electron chi connectivity index (χ0n) is 8.78. The Morgan fingerprint density at radius 2 is 2.00 bits per heavy atom. The molecule has 2 aromatic rings. The first-order valence-electron chi connectivity index (χ1n) is 4.72. The zero-order valence-corrected chi connectivity index (χ0v) is 8.78. The maximum absolute atomic E-state index is 5.87. The van der Waals surface area contributed by atoms with Crippen molar-refractivity contribution in [2.45, 2.75) is 26.2 Å². The molecular weight excluding hydrogens is 174 g/mol. The van der Waals surface area contributed by atoms with Gasteiger partial charge in [-0.05, 0) is 17.0 Å². The van der Waals surface area contributed by atoms with E-state index in [4.69, 9.17) is 5.73 Å². The number of nitrogens with zero attached hydrogens (tertiary/aromatic N) is 2. The molecule has 2 aromatic heterocycles. The van der Waals surface area contributed by atoms with Gasteiger partial charge in [-0.1, -0.05) is 20.8 Å². The summed E-state index contributed by atoms with van der Waals surface area (Å²) < 4.78 is 2.02. The molecular formula is C11H15N3. The molecule has 74 valence electrons. The molecule has 0 bridgehead atoms. The van der Waals surface area contributed by atoms with Gasteiger partial charge >= 0.3 is 0 Å². The maximum atomic E-state index is 5.87. The van der Waals surface area contributed by atoms with Crippen LogP contribution < -0.4 is 5.73 Å². The molecule has 0 unspecified atom stereocenters. The maximum Gasteiger partial charge on any atom is 0.148 e. The van der Waals surface area contributed by atoms with Crippen molar-refractivity contribution in [3.8, 4) is 0 Å².